The molecule has 3 N–H and O–H groups in total. The topological polar surface area (TPSA) is 55.5 Å². The second-order valence-electron chi connectivity index (χ2n) is 3.92. The van der Waals surface area contributed by atoms with Crippen LogP contribution in [0, 0.1) is 0 Å². The van der Waals surface area contributed by atoms with Crippen LogP contribution in [0.5, 0.6) is 5.75 Å². The van der Waals surface area contributed by atoms with Gasteiger partial charge in [-0.25, -0.2) is 0 Å². The fourth-order valence-corrected chi connectivity index (χ4v) is 2.22. The number of methoxy groups -OCH3 is 1. The van der Waals surface area contributed by atoms with Crippen LogP contribution in [0.2, 0.25) is 0 Å². The number of aliphatic hydroxyl groups excluding tert-OH is 1. The molecule has 0 bridgehead atoms. The average Bonchev–Trinajstić information content (AvgIpc) is 2.40. The maximum absolute atomic E-state index is 10.4. The molecule has 0 saturated carbocycles. The lowest BCUT2D eigenvalue weighted by Gasteiger charge is -2.17. The number of benzene rings is 2. The minimum atomic E-state index is -0.807. The largest absolute Gasteiger partial charge is 0.496 e. The van der Waals surface area contributed by atoms with E-state index >= 15 is 0 Å². The van der Waals surface area contributed by atoms with Crippen LogP contribution in [0.15, 0.2) is 46.9 Å². The molecule has 4 heteroatoms. The van der Waals surface area contributed by atoms with Gasteiger partial charge in [-0.3, -0.25) is 0 Å². The number of nitrogens with two attached hydrogens (primary N) is 1. The van der Waals surface area contributed by atoms with Gasteiger partial charge in [0.2, 0.25) is 0 Å². The lowest BCUT2D eigenvalue weighted by molar-refractivity contribution is 0.215. The average molecular weight is 308 g/mol. The second kappa shape index (κ2) is 5.42. The Labute approximate surface area is 114 Å². The van der Waals surface area contributed by atoms with Gasteiger partial charge in [-0.05, 0) is 24.3 Å². The number of rotatable bonds is 3. The number of aliphatic hydroxyl groups is 1. The van der Waals surface area contributed by atoms with E-state index in [1.807, 2.05) is 36.4 Å². The number of ether oxygens (including phenoxy) is 1. The van der Waals surface area contributed by atoms with E-state index in [-0.39, 0.29) is 0 Å². The molecule has 0 spiro atoms. The molecule has 0 aliphatic rings. The predicted molar refractivity (Wildman–Crippen MR) is 75.6 cm³/mol. The first kappa shape index (κ1) is 12.9. The first-order valence-electron chi connectivity index (χ1n) is 5.49. The van der Waals surface area contributed by atoms with Gasteiger partial charge in [-0.2, -0.15) is 0 Å². The molecule has 0 aliphatic heterocycles. The van der Waals surface area contributed by atoms with Crippen molar-refractivity contribution < 1.29 is 9.84 Å². The van der Waals surface area contributed by atoms with E-state index in [1.165, 1.54) is 0 Å². The summed E-state index contributed by atoms with van der Waals surface area (Å²) in [6.45, 7) is 0. The summed E-state index contributed by atoms with van der Waals surface area (Å²) in [5, 5.41) is 10.4. The zero-order valence-electron chi connectivity index (χ0n) is 9.93. The zero-order valence-corrected chi connectivity index (χ0v) is 11.5. The van der Waals surface area contributed by atoms with Gasteiger partial charge in [0.25, 0.3) is 0 Å². The Bertz CT molecular complexity index is 557. The van der Waals surface area contributed by atoms with Gasteiger partial charge in [-0.15, -0.1) is 0 Å². The highest BCUT2D eigenvalue weighted by Crippen LogP contribution is 2.33. The highest BCUT2D eigenvalue weighted by molar-refractivity contribution is 9.10. The summed E-state index contributed by atoms with van der Waals surface area (Å²) in [6, 6.07) is 12.8. The Morgan fingerprint density at radius 3 is 2.61 bits per heavy atom. The molecule has 2 aromatic rings. The molecule has 3 nitrogen and oxygen atoms in total. The van der Waals surface area contributed by atoms with Crippen molar-refractivity contribution in [3.8, 4) is 5.75 Å². The molecule has 0 radical (unpaired) electrons. The molecule has 0 saturated heterocycles. The van der Waals surface area contributed by atoms with Crippen LogP contribution >= 0.6 is 15.9 Å². The molecule has 0 amide bonds. The minimum Gasteiger partial charge on any atom is -0.496 e. The molecule has 2 rings (SSSR count). The molecule has 1 unspecified atom stereocenters. The van der Waals surface area contributed by atoms with E-state index in [9.17, 15) is 5.11 Å². The number of hydrogen-bond acceptors (Lipinski definition) is 3. The molecule has 0 heterocycles. The van der Waals surface area contributed by atoms with E-state index in [2.05, 4.69) is 15.9 Å². The SMILES string of the molecule is COc1ccccc1C(O)c1cc(Br)ccc1N. The van der Waals surface area contributed by atoms with E-state index in [1.54, 1.807) is 13.2 Å². The fraction of sp³-hybridized carbons (Fsp3) is 0.143. The van der Waals surface area contributed by atoms with Gasteiger partial charge in [0.15, 0.2) is 0 Å². The van der Waals surface area contributed by atoms with E-state index < -0.39 is 6.10 Å². The van der Waals surface area contributed by atoms with Gasteiger partial charge < -0.3 is 15.6 Å². The minimum absolute atomic E-state index is 0.552. The Hall–Kier alpha value is -1.52. The van der Waals surface area contributed by atoms with Crippen molar-refractivity contribution in [2.24, 2.45) is 0 Å². The fourth-order valence-electron chi connectivity index (χ4n) is 1.84. The highest BCUT2D eigenvalue weighted by atomic mass is 79.9. The van der Waals surface area contributed by atoms with Crippen molar-refractivity contribution in [3.05, 3.63) is 58.1 Å². The van der Waals surface area contributed by atoms with Gasteiger partial charge in [0.1, 0.15) is 11.9 Å². The lowest BCUT2D eigenvalue weighted by atomic mass is 9.99. The molecule has 1 atom stereocenters. The smallest absolute Gasteiger partial charge is 0.125 e. The third kappa shape index (κ3) is 2.49. The summed E-state index contributed by atoms with van der Waals surface area (Å²) in [4.78, 5) is 0. The van der Waals surface area contributed by atoms with Crippen molar-refractivity contribution in [2.75, 3.05) is 12.8 Å². The van der Waals surface area contributed by atoms with E-state index in [0.717, 1.165) is 4.47 Å². The molecule has 0 fully saturated rings. The predicted octanol–water partition coefficient (Wildman–Crippen LogP) is 3.12. The van der Waals surface area contributed by atoms with Crippen molar-refractivity contribution >= 4 is 21.6 Å². The summed E-state index contributed by atoms with van der Waals surface area (Å²) in [7, 11) is 1.58. The molecule has 94 valence electrons. The third-order valence-corrected chi connectivity index (χ3v) is 3.27. The maximum atomic E-state index is 10.4. The highest BCUT2D eigenvalue weighted by Gasteiger charge is 2.17. The number of anilines is 1. The van der Waals surface area contributed by atoms with Crippen molar-refractivity contribution in [1.29, 1.82) is 0 Å². The number of para-hydroxylation sites is 1. The first-order chi connectivity index (χ1) is 8.63. The monoisotopic (exact) mass is 307 g/mol. The van der Waals surface area contributed by atoms with Crippen LogP contribution in [0.3, 0.4) is 0 Å². The third-order valence-electron chi connectivity index (χ3n) is 2.78. The lowest BCUT2D eigenvalue weighted by Crippen LogP contribution is -2.05. The summed E-state index contributed by atoms with van der Waals surface area (Å²) in [5.41, 5.74) is 7.81. The van der Waals surface area contributed by atoms with Gasteiger partial charge in [-0.1, -0.05) is 34.1 Å². The Kier molecular flexibility index (Phi) is 3.89. The van der Waals surface area contributed by atoms with Gasteiger partial charge in [0, 0.05) is 21.3 Å². The molecule has 18 heavy (non-hydrogen) atoms. The number of halogens is 1. The van der Waals surface area contributed by atoms with E-state index in [0.29, 0.717) is 22.6 Å². The first-order valence-corrected chi connectivity index (χ1v) is 6.28. The standard InChI is InChI=1S/C14H14BrNO2/c1-18-13-5-3-2-4-10(13)14(17)11-8-9(15)6-7-12(11)16/h2-8,14,17H,16H2,1H3. The van der Waals surface area contributed by atoms with Crippen molar-refractivity contribution in [1.82, 2.24) is 0 Å². The van der Waals surface area contributed by atoms with Gasteiger partial charge in [0.05, 0.1) is 7.11 Å². The second-order valence-corrected chi connectivity index (χ2v) is 4.83. The number of nitrogen functional groups attached to an aromatic ring is 1. The maximum Gasteiger partial charge on any atom is 0.125 e. The quantitative estimate of drug-likeness (QED) is 0.857. The molecule has 0 aliphatic carbocycles. The Morgan fingerprint density at radius 2 is 1.89 bits per heavy atom. The van der Waals surface area contributed by atoms with Crippen LogP contribution in [0.1, 0.15) is 17.2 Å². The molecular weight excluding hydrogens is 294 g/mol. The van der Waals surface area contributed by atoms with Crippen LogP contribution in [-0.2, 0) is 0 Å². The van der Waals surface area contributed by atoms with Gasteiger partial charge >= 0.3 is 0 Å². The van der Waals surface area contributed by atoms with Crippen LogP contribution in [0.4, 0.5) is 5.69 Å². The number of hydrogen-bond donors (Lipinski definition) is 2. The molecular formula is C14H14BrNO2. The van der Waals surface area contributed by atoms with Crippen molar-refractivity contribution in [2.45, 2.75) is 6.10 Å². The molecule has 0 aromatic heterocycles. The summed E-state index contributed by atoms with van der Waals surface area (Å²) in [6.07, 6.45) is -0.807. The van der Waals surface area contributed by atoms with E-state index in [4.69, 9.17) is 10.5 Å². The Balaban J connectivity index is 2.47. The summed E-state index contributed by atoms with van der Waals surface area (Å²) >= 11 is 3.37. The zero-order chi connectivity index (χ0) is 13.1. The summed E-state index contributed by atoms with van der Waals surface area (Å²) in [5.74, 6) is 0.643. The molecule has 2 aromatic carbocycles. The normalized spacial score (nSPS) is 12.2. The van der Waals surface area contributed by atoms with Crippen LogP contribution in [0.25, 0.3) is 0 Å². The van der Waals surface area contributed by atoms with Crippen molar-refractivity contribution in [3.63, 3.8) is 0 Å². The summed E-state index contributed by atoms with van der Waals surface area (Å²) < 4.78 is 6.12. The Morgan fingerprint density at radius 1 is 1.17 bits per heavy atom. The van der Waals surface area contributed by atoms with Crippen LogP contribution < -0.4 is 10.5 Å². The van der Waals surface area contributed by atoms with Crippen LogP contribution in [-0.4, -0.2) is 12.2 Å².